The quantitative estimate of drug-likeness (QED) is 0.621. The Morgan fingerprint density at radius 3 is 2.56 bits per heavy atom. The molecule has 2 atom stereocenters. The lowest BCUT2D eigenvalue weighted by Gasteiger charge is -2.27. The van der Waals surface area contributed by atoms with Gasteiger partial charge in [-0.1, -0.05) is 32.6 Å². The minimum Gasteiger partial charge on any atom is -0.464 e. The summed E-state index contributed by atoms with van der Waals surface area (Å²) < 4.78 is 5.52. The molecule has 2 fully saturated rings. The number of carbonyl (C=O) groups excluding carboxylic acids is 1. The number of nitrogens with one attached hydrogen (secondary N) is 1. The van der Waals surface area contributed by atoms with E-state index in [9.17, 15) is 4.79 Å². The second-order valence-electron chi connectivity index (χ2n) is 6.12. The van der Waals surface area contributed by atoms with E-state index >= 15 is 0 Å². The third-order valence-corrected chi connectivity index (χ3v) is 4.39. The summed E-state index contributed by atoms with van der Waals surface area (Å²) in [4.78, 5) is 12.0. The number of esters is 1. The predicted molar refractivity (Wildman–Crippen MR) is 72.3 cm³/mol. The van der Waals surface area contributed by atoms with Gasteiger partial charge in [-0.3, -0.25) is 4.79 Å². The fourth-order valence-corrected chi connectivity index (χ4v) is 3.12. The largest absolute Gasteiger partial charge is 0.464 e. The van der Waals surface area contributed by atoms with Crippen molar-refractivity contribution in [3.05, 3.63) is 0 Å². The minimum absolute atomic E-state index is 0.0224. The molecular weight excluding hydrogens is 226 g/mol. The molecule has 18 heavy (non-hydrogen) atoms. The summed E-state index contributed by atoms with van der Waals surface area (Å²) in [6.45, 7) is 3.81. The van der Waals surface area contributed by atoms with E-state index in [-0.39, 0.29) is 12.0 Å². The number of hydrogen-bond acceptors (Lipinski definition) is 3. The fraction of sp³-hybridized carbons (Fsp3) is 0.933. The summed E-state index contributed by atoms with van der Waals surface area (Å²) in [5, 5.41) is 3.27. The van der Waals surface area contributed by atoms with Gasteiger partial charge in [-0.15, -0.1) is 0 Å². The van der Waals surface area contributed by atoms with Crippen LogP contribution in [-0.2, 0) is 9.53 Å². The molecule has 104 valence electrons. The number of ether oxygens (including phenoxy) is 1. The Balaban J connectivity index is 1.70. The summed E-state index contributed by atoms with van der Waals surface area (Å²) in [5.41, 5.74) is 0. The van der Waals surface area contributed by atoms with Crippen LogP contribution < -0.4 is 5.32 Å². The van der Waals surface area contributed by atoms with Crippen molar-refractivity contribution in [1.82, 2.24) is 5.32 Å². The summed E-state index contributed by atoms with van der Waals surface area (Å²) in [6.07, 6.45) is 9.90. The average Bonchev–Trinajstić information content (AvgIpc) is 2.64. The van der Waals surface area contributed by atoms with Gasteiger partial charge in [0.1, 0.15) is 6.04 Å². The summed E-state index contributed by atoms with van der Waals surface area (Å²) in [5.74, 6) is 1.23. The van der Waals surface area contributed by atoms with Gasteiger partial charge in [0, 0.05) is 0 Å². The minimum atomic E-state index is -0.0560. The number of hydrogen-bond donors (Lipinski definition) is 1. The third kappa shape index (κ3) is 4.27. The molecule has 0 radical (unpaired) electrons. The molecule has 0 aromatic carbocycles. The topological polar surface area (TPSA) is 38.3 Å². The Morgan fingerprint density at radius 1 is 1.17 bits per heavy atom. The molecule has 1 saturated carbocycles. The first-order valence-corrected chi connectivity index (χ1v) is 7.65. The lowest BCUT2D eigenvalue weighted by molar-refractivity contribution is -0.148. The van der Waals surface area contributed by atoms with Gasteiger partial charge in [0.15, 0.2) is 0 Å². The van der Waals surface area contributed by atoms with Crippen molar-refractivity contribution < 1.29 is 9.53 Å². The smallest absolute Gasteiger partial charge is 0.323 e. The summed E-state index contributed by atoms with van der Waals surface area (Å²) in [6, 6.07) is -0.0560. The highest BCUT2D eigenvalue weighted by Gasteiger charge is 2.26. The number of piperidine rings is 1. The van der Waals surface area contributed by atoms with Crippen molar-refractivity contribution in [2.45, 2.75) is 64.3 Å². The van der Waals surface area contributed by atoms with Gasteiger partial charge in [0.25, 0.3) is 0 Å². The van der Waals surface area contributed by atoms with Crippen LogP contribution in [0.4, 0.5) is 0 Å². The maximum atomic E-state index is 12.0. The molecule has 0 amide bonds. The fourth-order valence-electron chi connectivity index (χ4n) is 3.12. The molecule has 1 N–H and O–H groups in total. The monoisotopic (exact) mass is 253 g/mol. The first-order valence-electron chi connectivity index (χ1n) is 7.65. The van der Waals surface area contributed by atoms with Crippen LogP contribution >= 0.6 is 0 Å². The van der Waals surface area contributed by atoms with Crippen molar-refractivity contribution in [3.63, 3.8) is 0 Å². The van der Waals surface area contributed by atoms with Crippen molar-refractivity contribution in [3.8, 4) is 0 Å². The van der Waals surface area contributed by atoms with E-state index in [0.29, 0.717) is 18.4 Å². The van der Waals surface area contributed by atoms with E-state index in [4.69, 9.17) is 4.74 Å². The van der Waals surface area contributed by atoms with Gasteiger partial charge in [-0.2, -0.15) is 0 Å². The SMILES string of the molecule is CC1CCNC(C(=O)OCC2CCCCCC2)C1. The Morgan fingerprint density at radius 2 is 1.89 bits per heavy atom. The summed E-state index contributed by atoms with van der Waals surface area (Å²) in [7, 11) is 0. The highest BCUT2D eigenvalue weighted by atomic mass is 16.5. The molecule has 1 heterocycles. The Kier molecular flexibility index (Phi) is 5.48. The van der Waals surface area contributed by atoms with Gasteiger partial charge in [0.05, 0.1) is 6.61 Å². The number of rotatable bonds is 3. The molecule has 3 nitrogen and oxygen atoms in total. The maximum Gasteiger partial charge on any atom is 0.323 e. The van der Waals surface area contributed by atoms with Crippen molar-refractivity contribution in [1.29, 1.82) is 0 Å². The van der Waals surface area contributed by atoms with E-state index in [1.54, 1.807) is 0 Å². The van der Waals surface area contributed by atoms with Crippen LogP contribution in [0.25, 0.3) is 0 Å². The van der Waals surface area contributed by atoms with E-state index in [1.165, 1.54) is 44.9 Å². The Bertz CT molecular complexity index is 259. The first-order chi connectivity index (χ1) is 8.75. The van der Waals surface area contributed by atoms with Gasteiger partial charge >= 0.3 is 5.97 Å². The van der Waals surface area contributed by atoms with Gasteiger partial charge < -0.3 is 10.1 Å². The summed E-state index contributed by atoms with van der Waals surface area (Å²) >= 11 is 0. The third-order valence-electron chi connectivity index (χ3n) is 4.39. The highest BCUT2D eigenvalue weighted by molar-refractivity contribution is 5.75. The molecule has 2 rings (SSSR count). The van der Waals surface area contributed by atoms with E-state index < -0.39 is 0 Å². The molecule has 3 heteroatoms. The average molecular weight is 253 g/mol. The molecule has 0 bridgehead atoms. The first kappa shape index (κ1) is 13.9. The van der Waals surface area contributed by atoms with Crippen LogP contribution in [0.15, 0.2) is 0 Å². The van der Waals surface area contributed by atoms with Crippen LogP contribution in [0.1, 0.15) is 58.3 Å². The second kappa shape index (κ2) is 7.13. The second-order valence-corrected chi connectivity index (χ2v) is 6.12. The van der Waals surface area contributed by atoms with Crippen molar-refractivity contribution in [2.24, 2.45) is 11.8 Å². The maximum absolute atomic E-state index is 12.0. The van der Waals surface area contributed by atoms with Crippen LogP contribution in [0, 0.1) is 11.8 Å². The van der Waals surface area contributed by atoms with E-state index in [2.05, 4.69) is 12.2 Å². The highest BCUT2D eigenvalue weighted by Crippen LogP contribution is 2.23. The molecule has 1 saturated heterocycles. The van der Waals surface area contributed by atoms with Crippen LogP contribution in [0.5, 0.6) is 0 Å². The molecule has 1 aliphatic carbocycles. The van der Waals surface area contributed by atoms with E-state index in [1.807, 2.05) is 0 Å². The Hall–Kier alpha value is -0.570. The lowest BCUT2D eigenvalue weighted by atomic mass is 9.94. The molecule has 2 aliphatic rings. The van der Waals surface area contributed by atoms with Gasteiger partial charge in [0.2, 0.25) is 0 Å². The molecule has 2 unspecified atom stereocenters. The molecule has 0 aromatic rings. The standard InChI is InChI=1S/C15H27NO2/c1-12-8-9-16-14(10-12)15(17)18-11-13-6-4-2-3-5-7-13/h12-14,16H,2-11H2,1H3. The van der Waals surface area contributed by atoms with Gasteiger partial charge in [-0.05, 0) is 44.1 Å². The van der Waals surface area contributed by atoms with Crippen LogP contribution in [0.3, 0.4) is 0 Å². The van der Waals surface area contributed by atoms with Crippen molar-refractivity contribution in [2.75, 3.05) is 13.2 Å². The molecule has 0 aromatic heterocycles. The molecule has 0 spiro atoms. The zero-order chi connectivity index (χ0) is 12.8. The zero-order valence-electron chi connectivity index (χ0n) is 11.6. The van der Waals surface area contributed by atoms with Crippen molar-refractivity contribution >= 4 is 5.97 Å². The van der Waals surface area contributed by atoms with E-state index in [0.717, 1.165) is 13.0 Å². The van der Waals surface area contributed by atoms with Crippen LogP contribution in [-0.4, -0.2) is 25.2 Å². The number of carbonyl (C=O) groups is 1. The Labute approximate surface area is 111 Å². The normalized spacial score (nSPS) is 30.7. The lowest BCUT2D eigenvalue weighted by Crippen LogP contribution is -2.44. The molecule has 1 aliphatic heterocycles. The predicted octanol–water partition coefficient (Wildman–Crippen LogP) is 2.89. The zero-order valence-corrected chi connectivity index (χ0v) is 11.6. The van der Waals surface area contributed by atoms with Crippen LogP contribution in [0.2, 0.25) is 0 Å². The van der Waals surface area contributed by atoms with Gasteiger partial charge in [-0.25, -0.2) is 0 Å². The molecular formula is C15H27NO2.